The van der Waals surface area contributed by atoms with E-state index < -0.39 is 31.1 Å². The maximum Gasteiger partial charge on any atom is 0.167 e. The largest absolute Gasteiger partial charge is 0.394 e. The highest BCUT2D eigenvalue weighted by atomic mass is 16.6. The molecule has 0 radical (unpaired) electrons. The van der Waals surface area contributed by atoms with E-state index in [1.807, 2.05) is 36.4 Å². The molecule has 30 heavy (non-hydrogen) atoms. The van der Waals surface area contributed by atoms with Crippen molar-refractivity contribution in [2.45, 2.75) is 24.5 Å². The third-order valence-electron chi connectivity index (χ3n) is 4.80. The molecule has 11 heteroatoms. The summed E-state index contributed by atoms with van der Waals surface area (Å²) in [6, 6.07) is 11.7. The first kappa shape index (κ1) is 19.9. The van der Waals surface area contributed by atoms with Crippen LogP contribution >= 0.6 is 0 Å². The van der Waals surface area contributed by atoms with Crippen molar-refractivity contribution in [3.63, 3.8) is 0 Å². The Morgan fingerprint density at radius 1 is 1.00 bits per heavy atom. The van der Waals surface area contributed by atoms with E-state index >= 15 is 0 Å². The van der Waals surface area contributed by atoms with Gasteiger partial charge in [-0.05, 0) is 18.2 Å². The minimum Gasteiger partial charge on any atom is -0.394 e. The van der Waals surface area contributed by atoms with E-state index in [9.17, 15) is 10.2 Å². The monoisotopic (exact) mass is 411 g/mol. The zero-order valence-corrected chi connectivity index (χ0v) is 15.8. The highest BCUT2D eigenvalue weighted by molar-refractivity contribution is 5.81. The molecule has 1 aromatic carbocycles. The standard InChI is InChI=1S/C10H13N5O4.C9H8N2/c11-8-5-9(13-2-12-8)15(3-14-5)10-7(18)6(17)4(1-16)19-10;10-9-6-5-7-3-1-2-4-8(7)11-9/h2-4,6-7,10,16-18H,1H2,(H2,11,12,13);1-6H,(H2,10,11)/t4-,6-,7-,10-;/m1./s1. The number of hydrogen-bond donors (Lipinski definition) is 5. The summed E-state index contributed by atoms with van der Waals surface area (Å²) in [7, 11) is 0. The number of imidazole rings is 1. The lowest BCUT2D eigenvalue weighted by molar-refractivity contribution is -0.0511. The highest BCUT2D eigenvalue weighted by Crippen LogP contribution is 2.31. The number of hydrogen-bond acceptors (Lipinski definition) is 10. The zero-order chi connectivity index (χ0) is 21.3. The average Bonchev–Trinajstić information content (AvgIpc) is 3.30. The molecule has 0 saturated carbocycles. The molecule has 3 aromatic heterocycles. The predicted octanol–water partition coefficient (Wildman–Crippen LogP) is -0.163. The van der Waals surface area contributed by atoms with E-state index in [0.29, 0.717) is 17.0 Å². The van der Waals surface area contributed by atoms with Crippen LogP contribution in [0.15, 0.2) is 49.1 Å². The second-order valence-electron chi connectivity index (χ2n) is 6.74. The van der Waals surface area contributed by atoms with Crippen LogP contribution in [0.2, 0.25) is 0 Å². The van der Waals surface area contributed by atoms with Crippen molar-refractivity contribution >= 4 is 33.7 Å². The molecule has 1 aliphatic heterocycles. The van der Waals surface area contributed by atoms with Crippen molar-refractivity contribution in [1.82, 2.24) is 24.5 Å². The summed E-state index contributed by atoms with van der Waals surface area (Å²) >= 11 is 0. The van der Waals surface area contributed by atoms with E-state index in [1.165, 1.54) is 17.2 Å². The lowest BCUT2D eigenvalue weighted by atomic mass is 10.1. The van der Waals surface area contributed by atoms with Gasteiger partial charge in [-0.25, -0.2) is 19.9 Å². The van der Waals surface area contributed by atoms with Gasteiger partial charge in [0.25, 0.3) is 0 Å². The summed E-state index contributed by atoms with van der Waals surface area (Å²) in [5.41, 5.74) is 12.9. The van der Waals surface area contributed by atoms with Gasteiger partial charge in [0.15, 0.2) is 17.7 Å². The predicted molar refractivity (Wildman–Crippen MR) is 109 cm³/mol. The number of aliphatic hydroxyl groups is 3. The molecule has 1 saturated heterocycles. The summed E-state index contributed by atoms with van der Waals surface area (Å²) in [5.74, 6) is 0.791. The van der Waals surface area contributed by atoms with Gasteiger partial charge in [0, 0.05) is 5.39 Å². The molecule has 0 spiro atoms. The zero-order valence-electron chi connectivity index (χ0n) is 15.8. The first-order chi connectivity index (χ1) is 14.5. The van der Waals surface area contributed by atoms with Crippen molar-refractivity contribution in [2.24, 2.45) is 0 Å². The molecule has 4 heterocycles. The number of para-hydroxylation sites is 1. The molecule has 156 valence electrons. The Kier molecular flexibility index (Phi) is 5.42. The summed E-state index contributed by atoms with van der Waals surface area (Å²) in [6.45, 7) is -0.390. The third kappa shape index (κ3) is 3.62. The Bertz CT molecular complexity index is 1170. The summed E-state index contributed by atoms with van der Waals surface area (Å²) in [5, 5.41) is 29.9. The Morgan fingerprint density at radius 3 is 2.57 bits per heavy atom. The van der Waals surface area contributed by atoms with Crippen molar-refractivity contribution < 1.29 is 20.1 Å². The molecule has 7 N–H and O–H groups in total. The smallest absolute Gasteiger partial charge is 0.167 e. The van der Waals surface area contributed by atoms with Crippen LogP contribution in [-0.2, 0) is 4.74 Å². The number of pyridine rings is 1. The van der Waals surface area contributed by atoms with Crippen LogP contribution in [-0.4, -0.2) is 64.7 Å². The number of nitrogen functional groups attached to an aromatic ring is 2. The van der Waals surface area contributed by atoms with Crippen LogP contribution in [0.5, 0.6) is 0 Å². The highest BCUT2D eigenvalue weighted by Gasteiger charge is 2.43. The van der Waals surface area contributed by atoms with Crippen LogP contribution in [0.25, 0.3) is 22.1 Å². The van der Waals surface area contributed by atoms with Gasteiger partial charge in [0.05, 0.1) is 18.5 Å². The normalized spacial score (nSPS) is 23.4. The first-order valence-electron chi connectivity index (χ1n) is 9.16. The summed E-state index contributed by atoms with van der Waals surface area (Å²) in [6.07, 6.45) is -1.42. The first-order valence-corrected chi connectivity index (χ1v) is 9.16. The minimum absolute atomic E-state index is 0.218. The van der Waals surface area contributed by atoms with Crippen LogP contribution < -0.4 is 11.5 Å². The fourth-order valence-electron chi connectivity index (χ4n) is 3.25. The summed E-state index contributed by atoms with van der Waals surface area (Å²) < 4.78 is 6.85. The molecular weight excluding hydrogens is 390 g/mol. The van der Waals surface area contributed by atoms with Gasteiger partial charge in [-0.15, -0.1) is 0 Å². The van der Waals surface area contributed by atoms with Gasteiger partial charge in [0.1, 0.15) is 36.0 Å². The molecule has 0 aliphatic carbocycles. The molecular formula is C19H21N7O4. The van der Waals surface area contributed by atoms with Gasteiger partial charge in [-0.3, -0.25) is 4.57 Å². The maximum atomic E-state index is 9.95. The lowest BCUT2D eigenvalue weighted by Crippen LogP contribution is -2.33. The number of nitrogens with two attached hydrogens (primary N) is 2. The number of fused-ring (bicyclic) bond motifs is 2. The second-order valence-corrected chi connectivity index (χ2v) is 6.74. The molecule has 4 atom stereocenters. The number of rotatable bonds is 2. The Hall–Kier alpha value is -3.38. The number of aromatic nitrogens is 5. The maximum absolute atomic E-state index is 9.95. The van der Waals surface area contributed by atoms with Gasteiger partial charge >= 0.3 is 0 Å². The Balaban J connectivity index is 0.000000168. The fraction of sp³-hybridized carbons (Fsp3) is 0.263. The van der Waals surface area contributed by atoms with E-state index in [-0.39, 0.29) is 5.82 Å². The number of nitrogens with zero attached hydrogens (tertiary/aromatic N) is 5. The molecule has 11 nitrogen and oxygen atoms in total. The molecule has 1 fully saturated rings. The molecule has 0 amide bonds. The topological polar surface area (TPSA) is 178 Å². The molecule has 0 unspecified atom stereocenters. The van der Waals surface area contributed by atoms with Gasteiger partial charge in [-0.2, -0.15) is 0 Å². The summed E-state index contributed by atoms with van der Waals surface area (Å²) in [4.78, 5) is 16.0. The van der Waals surface area contributed by atoms with E-state index in [0.717, 1.165) is 10.9 Å². The van der Waals surface area contributed by atoms with Crippen molar-refractivity contribution in [2.75, 3.05) is 18.1 Å². The minimum atomic E-state index is -1.19. The molecule has 1 aliphatic rings. The van der Waals surface area contributed by atoms with E-state index in [1.54, 1.807) is 0 Å². The third-order valence-corrected chi connectivity index (χ3v) is 4.80. The Morgan fingerprint density at radius 2 is 1.80 bits per heavy atom. The van der Waals surface area contributed by atoms with Gasteiger partial charge in [-0.1, -0.05) is 18.2 Å². The quantitative estimate of drug-likeness (QED) is 0.297. The van der Waals surface area contributed by atoms with Crippen molar-refractivity contribution in [1.29, 1.82) is 0 Å². The van der Waals surface area contributed by atoms with Crippen LogP contribution in [0, 0.1) is 0 Å². The molecule has 4 aromatic rings. The SMILES string of the molecule is Nc1ccc2ccccc2n1.Nc1ncnc2c1ncn2[C@@H]1O[C@H](CO)[C@@H](O)[C@H]1O. The van der Waals surface area contributed by atoms with Crippen molar-refractivity contribution in [3.8, 4) is 0 Å². The number of aliphatic hydroxyl groups excluding tert-OH is 3. The van der Waals surface area contributed by atoms with Gasteiger partial charge in [0.2, 0.25) is 0 Å². The lowest BCUT2D eigenvalue weighted by Gasteiger charge is -2.16. The van der Waals surface area contributed by atoms with E-state index in [4.69, 9.17) is 21.3 Å². The van der Waals surface area contributed by atoms with Crippen LogP contribution in [0.4, 0.5) is 11.6 Å². The Labute approximate surface area is 170 Å². The fourth-order valence-corrected chi connectivity index (χ4v) is 3.25. The number of benzene rings is 1. The number of anilines is 2. The van der Waals surface area contributed by atoms with Crippen LogP contribution in [0.1, 0.15) is 6.23 Å². The van der Waals surface area contributed by atoms with Gasteiger partial charge < -0.3 is 31.5 Å². The second kappa shape index (κ2) is 8.16. The van der Waals surface area contributed by atoms with Crippen molar-refractivity contribution in [3.05, 3.63) is 49.1 Å². The average molecular weight is 411 g/mol. The number of ether oxygens (including phenoxy) is 1. The molecule has 0 bridgehead atoms. The van der Waals surface area contributed by atoms with E-state index in [2.05, 4.69) is 19.9 Å². The van der Waals surface area contributed by atoms with Crippen LogP contribution in [0.3, 0.4) is 0 Å². The molecule has 5 rings (SSSR count).